The Morgan fingerprint density at radius 2 is 1.57 bits per heavy atom. The van der Waals surface area contributed by atoms with Crippen LogP contribution in [0.5, 0.6) is 0 Å². The summed E-state index contributed by atoms with van der Waals surface area (Å²) in [6.07, 6.45) is 0. The van der Waals surface area contributed by atoms with E-state index >= 15 is 0 Å². The first-order valence-electron chi connectivity index (χ1n) is 9.55. The molecule has 1 amide bonds. The molecule has 0 saturated carbocycles. The minimum Gasteiger partial charge on any atom is -0.375 e. The lowest BCUT2D eigenvalue weighted by molar-refractivity contribution is 0.0900. The fourth-order valence-corrected chi connectivity index (χ4v) is 4.04. The molecule has 0 bridgehead atoms. The summed E-state index contributed by atoms with van der Waals surface area (Å²) in [5.74, 6) is -0.281. The summed E-state index contributed by atoms with van der Waals surface area (Å²) in [7, 11) is -3.73. The number of amides is 1. The van der Waals surface area contributed by atoms with Gasteiger partial charge >= 0.3 is 0 Å². The van der Waals surface area contributed by atoms with Crippen LogP contribution in [0.1, 0.15) is 21.5 Å². The molecule has 7 heteroatoms. The van der Waals surface area contributed by atoms with Crippen molar-refractivity contribution < 1.29 is 17.9 Å². The SMILES string of the molecule is Cc1c(NS(=O)(=O)c2ccccc2)cccc1C(=O)NCCOCc1ccccc1. The van der Waals surface area contributed by atoms with E-state index < -0.39 is 10.0 Å². The number of benzene rings is 3. The van der Waals surface area contributed by atoms with Gasteiger partial charge in [-0.15, -0.1) is 0 Å². The van der Waals surface area contributed by atoms with Crippen molar-refractivity contribution in [3.63, 3.8) is 0 Å². The quantitative estimate of drug-likeness (QED) is 0.513. The van der Waals surface area contributed by atoms with Crippen LogP contribution in [0.15, 0.2) is 83.8 Å². The minimum absolute atomic E-state index is 0.162. The van der Waals surface area contributed by atoms with Crippen molar-refractivity contribution in [2.75, 3.05) is 17.9 Å². The van der Waals surface area contributed by atoms with E-state index in [2.05, 4.69) is 10.0 Å². The summed E-state index contributed by atoms with van der Waals surface area (Å²) >= 11 is 0. The fraction of sp³-hybridized carbons (Fsp3) is 0.174. The number of rotatable bonds is 9. The van der Waals surface area contributed by atoms with Crippen LogP contribution >= 0.6 is 0 Å². The van der Waals surface area contributed by atoms with Crippen molar-refractivity contribution >= 4 is 21.6 Å². The summed E-state index contributed by atoms with van der Waals surface area (Å²) in [4.78, 5) is 12.7. The molecule has 0 aliphatic rings. The number of anilines is 1. The van der Waals surface area contributed by atoms with Crippen LogP contribution in [0.2, 0.25) is 0 Å². The van der Waals surface area contributed by atoms with Gasteiger partial charge in [0.25, 0.3) is 15.9 Å². The second-order valence-electron chi connectivity index (χ2n) is 6.69. The molecular weight excluding hydrogens is 400 g/mol. The molecule has 156 valence electrons. The maximum atomic E-state index is 12.6. The molecule has 3 rings (SSSR count). The first kappa shape index (κ1) is 21.5. The Kier molecular flexibility index (Phi) is 7.21. The zero-order chi connectivity index (χ0) is 21.4. The van der Waals surface area contributed by atoms with Gasteiger partial charge in [0.1, 0.15) is 0 Å². The van der Waals surface area contributed by atoms with Crippen LogP contribution in [0.3, 0.4) is 0 Å². The summed E-state index contributed by atoms with van der Waals surface area (Å²) in [5, 5.41) is 2.81. The molecule has 0 fully saturated rings. The molecule has 0 aliphatic carbocycles. The van der Waals surface area contributed by atoms with Gasteiger partial charge in [-0.05, 0) is 42.3 Å². The zero-order valence-electron chi connectivity index (χ0n) is 16.7. The molecule has 30 heavy (non-hydrogen) atoms. The molecule has 0 aromatic heterocycles. The molecule has 0 aliphatic heterocycles. The lowest BCUT2D eigenvalue weighted by atomic mass is 10.1. The number of nitrogens with one attached hydrogen (secondary N) is 2. The van der Waals surface area contributed by atoms with Crippen molar-refractivity contribution in [2.45, 2.75) is 18.4 Å². The highest BCUT2D eigenvalue weighted by atomic mass is 32.2. The summed E-state index contributed by atoms with van der Waals surface area (Å²) in [6, 6.07) is 22.8. The summed E-state index contributed by atoms with van der Waals surface area (Å²) < 4.78 is 33.3. The van der Waals surface area contributed by atoms with Crippen molar-refractivity contribution in [1.29, 1.82) is 0 Å². The second kappa shape index (κ2) is 10.0. The topological polar surface area (TPSA) is 84.5 Å². The van der Waals surface area contributed by atoms with Gasteiger partial charge in [-0.1, -0.05) is 54.6 Å². The minimum atomic E-state index is -3.73. The Balaban J connectivity index is 1.58. The number of carbonyl (C=O) groups is 1. The zero-order valence-corrected chi connectivity index (χ0v) is 17.5. The average molecular weight is 425 g/mol. The monoisotopic (exact) mass is 424 g/mol. The Bertz CT molecular complexity index is 1080. The van der Waals surface area contributed by atoms with E-state index in [9.17, 15) is 13.2 Å². The Morgan fingerprint density at radius 3 is 2.27 bits per heavy atom. The van der Waals surface area contributed by atoms with Crippen LogP contribution in [0, 0.1) is 6.92 Å². The molecule has 0 saturated heterocycles. The summed E-state index contributed by atoms with van der Waals surface area (Å²) in [6.45, 7) is 2.92. The van der Waals surface area contributed by atoms with E-state index in [0.717, 1.165) is 5.56 Å². The molecule has 3 aromatic rings. The van der Waals surface area contributed by atoms with Crippen molar-refractivity contribution in [2.24, 2.45) is 0 Å². The van der Waals surface area contributed by atoms with Crippen LogP contribution in [-0.2, 0) is 21.4 Å². The van der Waals surface area contributed by atoms with Crippen LogP contribution in [-0.4, -0.2) is 27.5 Å². The van der Waals surface area contributed by atoms with Gasteiger partial charge < -0.3 is 10.1 Å². The lowest BCUT2D eigenvalue weighted by Crippen LogP contribution is -2.28. The smallest absolute Gasteiger partial charge is 0.261 e. The Labute approximate surface area is 177 Å². The third kappa shape index (κ3) is 5.68. The van der Waals surface area contributed by atoms with Crippen molar-refractivity contribution in [3.05, 3.63) is 95.6 Å². The van der Waals surface area contributed by atoms with Crippen LogP contribution < -0.4 is 10.0 Å². The van der Waals surface area contributed by atoms with Gasteiger partial charge in [-0.2, -0.15) is 0 Å². The molecule has 0 radical (unpaired) electrons. The number of hydrogen-bond donors (Lipinski definition) is 2. The highest BCUT2D eigenvalue weighted by Gasteiger charge is 2.17. The normalized spacial score (nSPS) is 11.1. The van der Waals surface area contributed by atoms with Crippen molar-refractivity contribution in [1.82, 2.24) is 5.32 Å². The van der Waals surface area contributed by atoms with E-state index in [1.54, 1.807) is 43.3 Å². The Morgan fingerprint density at radius 1 is 0.900 bits per heavy atom. The molecule has 3 aromatic carbocycles. The van der Waals surface area contributed by atoms with Gasteiger partial charge in [0.05, 0.1) is 23.8 Å². The molecular formula is C23H24N2O4S. The molecule has 6 nitrogen and oxygen atoms in total. The van der Waals surface area contributed by atoms with E-state index in [1.165, 1.54) is 12.1 Å². The van der Waals surface area contributed by atoms with Gasteiger partial charge in [-0.25, -0.2) is 8.42 Å². The highest BCUT2D eigenvalue weighted by Crippen LogP contribution is 2.22. The van der Waals surface area contributed by atoms with E-state index in [1.807, 2.05) is 30.3 Å². The average Bonchev–Trinajstić information content (AvgIpc) is 2.76. The van der Waals surface area contributed by atoms with Gasteiger partial charge in [-0.3, -0.25) is 9.52 Å². The molecule has 0 atom stereocenters. The molecule has 0 spiro atoms. The van der Waals surface area contributed by atoms with Gasteiger partial charge in [0.15, 0.2) is 0 Å². The molecule has 2 N–H and O–H groups in total. The second-order valence-corrected chi connectivity index (χ2v) is 8.37. The first-order valence-corrected chi connectivity index (χ1v) is 11.0. The summed E-state index contributed by atoms with van der Waals surface area (Å²) in [5.41, 5.74) is 2.40. The van der Waals surface area contributed by atoms with Gasteiger partial charge in [0, 0.05) is 12.1 Å². The molecule has 0 unspecified atom stereocenters. The maximum Gasteiger partial charge on any atom is 0.261 e. The largest absolute Gasteiger partial charge is 0.375 e. The number of ether oxygens (including phenoxy) is 1. The lowest BCUT2D eigenvalue weighted by Gasteiger charge is -2.14. The maximum absolute atomic E-state index is 12.6. The van der Waals surface area contributed by atoms with Crippen LogP contribution in [0.25, 0.3) is 0 Å². The van der Waals surface area contributed by atoms with Crippen LogP contribution in [0.4, 0.5) is 5.69 Å². The third-order valence-electron chi connectivity index (χ3n) is 4.52. The van der Waals surface area contributed by atoms with Crippen molar-refractivity contribution in [3.8, 4) is 0 Å². The van der Waals surface area contributed by atoms with E-state index in [-0.39, 0.29) is 10.8 Å². The Hall–Kier alpha value is -3.16. The van der Waals surface area contributed by atoms with E-state index in [0.29, 0.717) is 36.6 Å². The predicted molar refractivity (Wildman–Crippen MR) is 117 cm³/mol. The predicted octanol–water partition coefficient (Wildman–Crippen LogP) is 3.74. The first-order chi connectivity index (χ1) is 14.5. The highest BCUT2D eigenvalue weighted by molar-refractivity contribution is 7.92. The number of carbonyl (C=O) groups excluding carboxylic acids is 1. The fourth-order valence-electron chi connectivity index (χ4n) is 2.89. The third-order valence-corrected chi connectivity index (χ3v) is 5.90. The number of hydrogen-bond acceptors (Lipinski definition) is 4. The standard InChI is InChI=1S/C23H24N2O4S/c1-18-21(23(26)24-15-16-29-17-19-9-4-2-5-10-19)13-8-14-22(18)25-30(27,28)20-11-6-3-7-12-20/h2-14,25H,15-17H2,1H3,(H,24,26). The van der Waals surface area contributed by atoms with Gasteiger partial charge in [0.2, 0.25) is 0 Å². The number of sulfonamides is 1. The van der Waals surface area contributed by atoms with E-state index in [4.69, 9.17) is 4.74 Å². The molecule has 0 heterocycles.